The number of ketones is 1. The van der Waals surface area contributed by atoms with E-state index in [0.29, 0.717) is 9.47 Å². The van der Waals surface area contributed by atoms with Crippen molar-refractivity contribution in [3.8, 4) is 0 Å². The molecule has 0 spiro atoms. The molecule has 21 heavy (non-hydrogen) atoms. The lowest BCUT2D eigenvalue weighted by Gasteiger charge is -2.08. The molecule has 1 atom stereocenters. The summed E-state index contributed by atoms with van der Waals surface area (Å²) in [5.74, 6) is 0.0868. The number of nitrogens with two attached hydrogens (primary N) is 1. The summed E-state index contributed by atoms with van der Waals surface area (Å²) in [5, 5.41) is 8.86. The highest BCUT2D eigenvalue weighted by Gasteiger charge is 2.23. The van der Waals surface area contributed by atoms with Crippen LogP contribution in [0.3, 0.4) is 0 Å². The largest absolute Gasteiger partial charge is 0.374 e. The van der Waals surface area contributed by atoms with Crippen LogP contribution in [0.4, 0.5) is 5.13 Å². The van der Waals surface area contributed by atoms with Gasteiger partial charge < -0.3 is 10.7 Å². The molecule has 5 nitrogen and oxygen atoms in total. The maximum absolute atomic E-state index is 12.7. The number of thioether (sulfide) groups is 1. The average Bonchev–Trinajstić information content (AvgIpc) is 3.00. The van der Waals surface area contributed by atoms with E-state index in [1.54, 1.807) is 0 Å². The summed E-state index contributed by atoms with van der Waals surface area (Å²) in [6.07, 6.45) is 0. The molecule has 108 valence electrons. The Labute approximate surface area is 130 Å². The first kappa shape index (κ1) is 14.1. The van der Waals surface area contributed by atoms with Crippen LogP contribution in [0, 0.1) is 6.92 Å². The van der Waals surface area contributed by atoms with Gasteiger partial charge in [0.05, 0.1) is 5.25 Å². The molecule has 1 aromatic carbocycles. The van der Waals surface area contributed by atoms with Crippen molar-refractivity contribution in [1.82, 2.24) is 15.2 Å². The predicted molar refractivity (Wildman–Crippen MR) is 87.0 cm³/mol. The van der Waals surface area contributed by atoms with E-state index in [4.69, 9.17) is 5.73 Å². The number of aromatic amines is 1. The molecular weight excluding hydrogens is 304 g/mol. The number of para-hydroxylation sites is 1. The molecule has 7 heteroatoms. The first-order chi connectivity index (χ1) is 10.1. The maximum atomic E-state index is 12.7. The van der Waals surface area contributed by atoms with Crippen LogP contribution in [0.25, 0.3) is 10.9 Å². The molecule has 0 radical (unpaired) electrons. The number of H-pyrrole nitrogens is 1. The van der Waals surface area contributed by atoms with Gasteiger partial charge in [-0.2, -0.15) is 0 Å². The van der Waals surface area contributed by atoms with E-state index in [2.05, 4.69) is 15.2 Å². The van der Waals surface area contributed by atoms with Crippen LogP contribution in [-0.2, 0) is 0 Å². The second kappa shape index (κ2) is 5.50. The highest BCUT2D eigenvalue weighted by atomic mass is 32.2. The molecule has 0 amide bonds. The highest BCUT2D eigenvalue weighted by molar-refractivity contribution is 8.02. The lowest BCUT2D eigenvalue weighted by molar-refractivity contribution is 0.0995. The van der Waals surface area contributed by atoms with Crippen LogP contribution in [0.1, 0.15) is 23.0 Å². The highest BCUT2D eigenvalue weighted by Crippen LogP contribution is 2.31. The molecule has 3 rings (SSSR count). The molecule has 0 aliphatic carbocycles. The average molecular weight is 318 g/mol. The van der Waals surface area contributed by atoms with Gasteiger partial charge >= 0.3 is 0 Å². The summed E-state index contributed by atoms with van der Waals surface area (Å²) in [7, 11) is 0. The van der Waals surface area contributed by atoms with Crippen molar-refractivity contribution in [2.24, 2.45) is 0 Å². The zero-order valence-corrected chi connectivity index (χ0v) is 13.2. The molecule has 0 aliphatic heterocycles. The van der Waals surface area contributed by atoms with Crippen LogP contribution in [0.5, 0.6) is 0 Å². The molecule has 0 bridgehead atoms. The topological polar surface area (TPSA) is 84.7 Å². The molecule has 2 aromatic heterocycles. The van der Waals surface area contributed by atoms with E-state index in [1.165, 1.54) is 23.1 Å². The molecule has 0 fully saturated rings. The van der Waals surface area contributed by atoms with Gasteiger partial charge in [-0.15, -0.1) is 10.2 Å². The Kier molecular flexibility index (Phi) is 3.69. The van der Waals surface area contributed by atoms with Crippen LogP contribution in [0.2, 0.25) is 0 Å². The molecule has 2 heterocycles. The minimum atomic E-state index is -0.241. The standard InChI is InChI=1S/C14H14N4OS2/c1-7-11(9-5-3-4-6-10(9)16-7)12(19)8(2)20-14-18-17-13(15)21-14/h3-6,8,16H,1-2H3,(H2,15,17). The van der Waals surface area contributed by atoms with Gasteiger partial charge in [0, 0.05) is 22.2 Å². The fourth-order valence-electron chi connectivity index (χ4n) is 2.27. The van der Waals surface area contributed by atoms with Crippen LogP contribution >= 0.6 is 23.1 Å². The number of carbonyl (C=O) groups excluding carboxylic acids is 1. The Bertz CT molecular complexity index is 808. The number of fused-ring (bicyclic) bond motifs is 1. The number of nitrogen functional groups attached to an aromatic ring is 1. The van der Waals surface area contributed by atoms with Crippen LogP contribution in [-0.4, -0.2) is 26.2 Å². The third-order valence-corrected chi connectivity index (χ3v) is 5.15. The number of rotatable bonds is 4. The monoisotopic (exact) mass is 318 g/mol. The van der Waals surface area contributed by atoms with Gasteiger partial charge in [-0.05, 0) is 19.9 Å². The fourth-order valence-corrected chi connectivity index (χ4v) is 4.11. The Morgan fingerprint density at radius 3 is 2.86 bits per heavy atom. The number of carbonyl (C=O) groups is 1. The smallest absolute Gasteiger partial charge is 0.203 e. The predicted octanol–water partition coefficient (Wildman–Crippen LogP) is 3.27. The Balaban J connectivity index is 1.91. The van der Waals surface area contributed by atoms with Crippen molar-refractivity contribution in [2.75, 3.05) is 5.73 Å². The third kappa shape index (κ3) is 2.66. The summed E-state index contributed by atoms with van der Waals surface area (Å²) in [6, 6.07) is 7.83. The number of hydrogen-bond donors (Lipinski definition) is 2. The number of nitrogens with zero attached hydrogens (tertiary/aromatic N) is 2. The van der Waals surface area contributed by atoms with Crippen molar-refractivity contribution < 1.29 is 4.79 Å². The van der Waals surface area contributed by atoms with Gasteiger partial charge in [0.25, 0.3) is 0 Å². The normalized spacial score (nSPS) is 12.7. The van der Waals surface area contributed by atoms with Gasteiger partial charge in [-0.25, -0.2) is 0 Å². The minimum Gasteiger partial charge on any atom is -0.374 e. The minimum absolute atomic E-state index is 0.0868. The Hall–Kier alpha value is -1.86. The SMILES string of the molecule is Cc1[nH]c2ccccc2c1C(=O)C(C)Sc1nnc(N)s1. The maximum Gasteiger partial charge on any atom is 0.203 e. The van der Waals surface area contributed by atoms with E-state index in [0.717, 1.165) is 22.2 Å². The van der Waals surface area contributed by atoms with E-state index >= 15 is 0 Å². The summed E-state index contributed by atoms with van der Waals surface area (Å²) in [4.78, 5) is 16.0. The number of Topliss-reactive ketones (excluding diaryl/α,β-unsaturated/α-hetero) is 1. The first-order valence-electron chi connectivity index (χ1n) is 6.43. The third-order valence-electron chi connectivity index (χ3n) is 3.21. The van der Waals surface area contributed by atoms with Gasteiger partial charge in [0.15, 0.2) is 10.1 Å². The zero-order valence-electron chi connectivity index (χ0n) is 11.6. The molecule has 3 aromatic rings. The molecule has 1 unspecified atom stereocenters. The lowest BCUT2D eigenvalue weighted by atomic mass is 10.1. The second-order valence-electron chi connectivity index (χ2n) is 4.70. The van der Waals surface area contributed by atoms with Gasteiger partial charge in [-0.3, -0.25) is 4.79 Å². The van der Waals surface area contributed by atoms with Gasteiger partial charge in [-0.1, -0.05) is 41.3 Å². The summed E-state index contributed by atoms with van der Waals surface area (Å²) >= 11 is 2.69. The van der Waals surface area contributed by atoms with E-state index in [9.17, 15) is 4.79 Å². The summed E-state index contributed by atoms with van der Waals surface area (Å²) in [6.45, 7) is 3.80. The number of nitrogens with one attached hydrogen (secondary N) is 1. The number of anilines is 1. The molecule has 0 saturated carbocycles. The van der Waals surface area contributed by atoms with Gasteiger partial charge in [0.2, 0.25) is 5.13 Å². The van der Waals surface area contributed by atoms with E-state index in [-0.39, 0.29) is 11.0 Å². The van der Waals surface area contributed by atoms with Crippen molar-refractivity contribution in [1.29, 1.82) is 0 Å². The summed E-state index contributed by atoms with van der Waals surface area (Å²) in [5.41, 5.74) is 8.19. The first-order valence-corrected chi connectivity index (χ1v) is 8.13. The lowest BCUT2D eigenvalue weighted by Crippen LogP contribution is -2.14. The molecule has 0 saturated heterocycles. The van der Waals surface area contributed by atoms with E-state index < -0.39 is 0 Å². The van der Waals surface area contributed by atoms with E-state index in [1.807, 2.05) is 38.1 Å². The van der Waals surface area contributed by atoms with Crippen molar-refractivity contribution in [3.63, 3.8) is 0 Å². The number of benzene rings is 1. The van der Waals surface area contributed by atoms with Gasteiger partial charge in [0.1, 0.15) is 0 Å². The second-order valence-corrected chi connectivity index (χ2v) is 7.30. The molecule has 3 N–H and O–H groups in total. The summed E-state index contributed by atoms with van der Waals surface area (Å²) < 4.78 is 0.714. The fraction of sp³-hybridized carbons (Fsp3) is 0.214. The molecule has 0 aliphatic rings. The number of aryl methyl sites for hydroxylation is 1. The number of aromatic nitrogens is 3. The number of hydrogen-bond acceptors (Lipinski definition) is 6. The van der Waals surface area contributed by atoms with Crippen LogP contribution < -0.4 is 5.73 Å². The van der Waals surface area contributed by atoms with Crippen LogP contribution in [0.15, 0.2) is 28.6 Å². The Morgan fingerprint density at radius 2 is 2.14 bits per heavy atom. The zero-order chi connectivity index (χ0) is 15.0. The quantitative estimate of drug-likeness (QED) is 0.569. The van der Waals surface area contributed by atoms with Crippen molar-refractivity contribution >= 4 is 44.9 Å². The Morgan fingerprint density at radius 1 is 1.38 bits per heavy atom. The molecular formula is C14H14N4OS2. The van der Waals surface area contributed by atoms with Crippen molar-refractivity contribution in [2.45, 2.75) is 23.4 Å². The van der Waals surface area contributed by atoms with Crippen molar-refractivity contribution in [3.05, 3.63) is 35.5 Å².